The zero-order chi connectivity index (χ0) is 37.8. The van der Waals surface area contributed by atoms with Crippen LogP contribution >= 0.6 is 22.7 Å². The van der Waals surface area contributed by atoms with Crippen molar-refractivity contribution in [1.29, 1.82) is 0 Å². The van der Waals surface area contributed by atoms with Gasteiger partial charge >= 0.3 is 354 Å². The molecule has 4 aromatic heterocycles. The Labute approximate surface area is 351 Å². The zero-order valence-electron chi connectivity index (χ0n) is 34.8. The van der Waals surface area contributed by atoms with Gasteiger partial charge in [-0.25, -0.2) is 0 Å². The van der Waals surface area contributed by atoms with Crippen LogP contribution in [0.3, 0.4) is 0 Å². The number of thiophene rings is 2. The van der Waals surface area contributed by atoms with E-state index >= 15 is 0 Å². The first kappa shape index (κ1) is 44.2. The maximum absolute atomic E-state index is 2.56. The van der Waals surface area contributed by atoms with Crippen LogP contribution in [-0.4, -0.2) is 29.0 Å². The van der Waals surface area contributed by atoms with Gasteiger partial charge in [0.15, 0.2) is 0 Å². The van der Waals surface area contributed by atoms with E-state index in [-0.39, 0.29) is 0 Å². The molecule has 0 bridgehead atoms. The number of unbranched alkanes of at least 4 members (excludes halogenated alkanes) is 16. The van der Waals surface area contributed by atoms with Gasteiger partial charge in [-0.05, 0) is 0 Å². The topological polar surface area (TPSA) is 0 Å². The molecule has 0 aliphatic rings. The molecule has 5 aromatic rings. The number of benzene rings is 1. The fourth-order valence-electron chi connectivity index (χ4n) is 8.79. The third-order valence-electron chi connectivity index (χ3n) is 12.0. The summed E-state index contributed by atoms with van der Waals surface area (Å²) in [5.74, 6) is 1.75. The molecule has 5 rings (SSSR count). The first-order chi connectivity index (χ1) is 26.7. The number of fused-ring (bicyclic) bond motifs is 2. The second-order valence-corrected chi connectivity index (χ2v) is 23.3. The van der Waals surface area contributed by atoms with Crippen LogP contribution in [0.15, 0.2) is 47.2 Å². The third-order valence-corrected chi connectivity index (χ3v) is 18.6. The zero-order valence-corrected chi connectivity index (χ0v) is 39.9. The molecule has 2 atom stereocenters. The predicted molar refractivity (Wildman–Crippen MR) is 250 cm³/mol. The van der Waals surface area contributed by atoms with Gasteiger partial charge < -0.3 is 0 Å². The van der Waals surface area contributed by atoms with E-state index in [9.17, 15) is 0 Å². The van der Waals surface area contributed by atoms with Crippen molar-refractivity contribution in [3.63, 3.8) is 0 Å². The Hall–Kier alpha value is -0.861. The Morgan fingerprint density at radius 3 is 1.11 bits per heavy atom. The van der Waals surface area contributed by atoms with Crippen molar-refractivity contribution in [3.8, 4) is 20.0 Å². The Kier molecular flexibility index (Phi) is 20.9. The minimum absolute atomic E-state index is 0.434. The quantitative estimate of drug-likeness (QED) is 0.0318. The molecule has 0 fully saturated rings. The van der Waals surface area contributed by atoms with Crippen molar-refractivity contribution in [2.45, 2.75) is 195 Å². The molecule has 0 saturated carbocycles. The summed E-state index contributed by atoms with van der Waals surface area (Å²) < 4.78 is 9.86. The molecule has 0 aliphatic carbocycles. The summed E-state index contributed by atoms with van der Waals surface area (Å²) in [6, 6.07) is 15.1. The molecule has 1 aromatic carbocycles. The van der Waals surface area contributed by atoms with E-state index in [4.69, 9.17) is 0 Å². The van der Waals surface area contributed by atoms with Crippen LogP contribution in [0, 0.1) is 11.8 Å². The van der Waals surface area contributed by atoms with Crippen molar-refractivity contribution < 1.29 is 0 Å². The van der Waals surface area contributed by atoms with Crippen LogP contribution in [0.4, 0.5) is 0 Å². The second-order valence-electron chi connectivity index (χ2n) is 16.6. The second kappa shape index (κ2) is 25.5. The van der Waals surface area contributed by atoms with Crippen molar-refractivity contribution >= 4 is 71.9 Å². The van der Waals surface area contributed by atoms with Gasteiger partial charge in [0.2, 0.25) is 0 Å². The van der Waals surface area contributed by atoms with Gasteiger partial charge in [0.1, 0.15) is 0 Å². The van der Waals surface area contributed by atoms with E-state index in [1.165, 1.54) is 178 Å². The average Bonchev–Trinajstić information content (AvgIpc) is 4.02. The minimum atomic E-state index is 0.434. The monoisotopic (exact) mass is 898 g/mol. The van der Waals surface area contributed by atoms with Crippen LogP contribution in [0.2, 0.25) is 0 Å². The Morgan fingerprint density at radius 1 is 0.407 bits per heavy atom. The van der Waals surface area contributed by atoms with Crippen molar-refractivity contribution in [2.75, 3.05) is 0 Å². The maximum atomic E-state index is 2.56. The normalized spacial score (nSPS) is 13.1. The molecule has 0 spiro atoms. The SMILES string of the molecule is CCCCCCCCC(CCCCCC)Cc1ccc(-c2c3ccsc3c(-c3ccc(CC(CCCCCC)CCCCCCCC)[se]3)c3ccsc23)[se]1. The van der Waals surface area contributed by atoms with Crippen LogP contribution in [0.25, 0.3) is 40.2 Å². The molecular weight excluding hydrogens is 823 g/mol. The van der Waals surface area contributed by atoms with Crippen molar-refractivity contribution in [3.05, 3.63) is 56.0 Å². The number of rotatable bonds is 30. The first-order valence-corrected chi connectivity index (χ1v) is 27.9. The van der Waals surface area contributed by atoms with Crippen LogP contribution < -0.4 is 0 Å². The van der Waals surface area contributed by atoms with Crippen molar-refractivity contribution in [2.24, 2.45) is 11.8 Å². The molecule has 0 N–H and O–H groups in total. The molecule has 0 saturated heterocycles. The molecule has 2 unspecified atom stereocenters. The van der Waals surface area contributed by atoms with E-state index in [0.29, 0.717) is 29.0 Å². The Bertz CT molecular complexity index is 1540. The van der Waals surface area contributed by atoms with Gasteiger partial charge in [-0.3, -0.25) is 0 Å². The Balaban J connectivity index is 1.32. The summed E-state index contributed by atoms with van der Waals surface area (Å²) >= 11 is 4.86. The standard InChI is InChI=1S/C50H74S2Se2/c1-5-9-13-17-19-23-27-39(25-21-15-11-7-3)37-41-29-31-45(53-41)47-43-33-35-52-50(43)48(44-34-36-51-49(44)47)46-32-30-42(54-46)38-40(26-22-16-12-8-4)28-24-20-18-14-10-6-2/h29-36,39-40H,5-28,37-38H2,1-4H3. The summed E-state index contributed by atoms with van der Waals surface area (Å²) in [5, 5.41) is 7.82. The van der Waals surface area contributed by atoms with Crippen LogP contribution in [0.5, 0.6) is 0 Å². The average molecular weight is 897 g/mol. The van der Waals surface area contributed by atoms with Crippen LogP contribution in [-0.2, 0) is 12.8 Å². The summed E-state index contributed by atoms with van der Waals surface area (Å²) in [6.07, 6.45) is 36.6. The van der Waals surface area contributed by atoms with Gasteiger partial charge in [0.05, 0.1) is 0 Å². The molecule has 4 heterocycles. The Morgan fingerprint density at radius 2 is 0.741 bits per heavy atom. The summed E-state index contributed by atoms with van der Waals surface area (Å²) in [4.78, 5) is 0. The molecule has 54 heavy (non-hydrogen) atoms. The molecule has 0 amide bonds. The first-order valence-electron chi connectivity index (χ1n) is 22.7. The summed E-state index contributed by atoms with van der Waals surface area (Å²) in [5.41, 5.74) is 3.15. The molecular formula is C50H74S2Se2. The summed E-state index contributed by atoms with van der Waals surface area (Å²) in [6.45, 7) is 9.35. The van der Waals surface area contributed by atoms with Gasteiger partial charge in [-0.1, -0.05) is 0 Å². The van der Waals surface area contributed by atoms with E-state index in [1.54, 1.807) is 38.3 Å². The number of hydrogen-bond acceptors (Lipinski definition) is 2. The van der Waals surface area contributed by atoms with Gasteiger partial charge in [-0.2, -0.15) is 0 Å². The van der Waals surface area contributed by atoms with Gasteiger partial charge in [-0.15, -0.1) is 0 Å². The van der Waals surface area contributed by atoms with E-state index < -0.39 is 0 Å². The van der Waals surface area contributed by atoms with Crippen LogP contribution in [0.1, 0.15) is 191 Å². The molecule has 4 heteroatoms. The molecule has 0 radical (unpaired) electrons. The molecule has 0 aliphatic heterocycles. The van der Waals surface area contributed by atoms with E-state index in [1.807, 2.05) is 22.7 Å². The fourth-order valence-corrected chi connectivity index (χ4v) is 16.0. The summed E-state index contributed by atoms with van der Waals surface area (Å²) in [7, 11) is 0. The fraction of sp³-hybridized carbons (Fsp3) is 0.640. The molecule has 0 nitrogen and oxygen atoms in total. The third kappa shape index (κ3) is 13.6. The number of hydrogen-bond donors (Lipinski definition) is 0. The van der Waals surface area contributed by atoms with Crippen molar-refractivity contribution in [1.82, 2.24) is 0 Å². The van der Waals surface area contributed by atoms with Gasteiger partial charge in [0, 0.05) is 0 Å². The van der Waals surface area contributed by atoms with E-state index in [2.05, 4.69) is 74.9 Å². The van der Waals surface area contributed by atoms with Gasteiger partial charge in [0.25, 0.3) is 0 Å². The molecule has 298 valence electrons. The predicted octanol–water partition coefficient (Wildman–Crippen LogP) is 17.3. The van der Waals surface area contributed by atoms with E-state index in [0.717, 1.165) is 11.8 Å².